The van der Waals surface area contributed by atoms with Crippen molar-refractivity contribution < 1.29 is 10.2 Å². The van der Waals surface area contributed by atoms with Gasteiger partial charge in [0.05, 0.1) is 5.69 Å². The number of rotatable bonds is 1. The molecule has 0 radical (unpaired) electrons. The maximum atomic E-state index is 9.20. The van der Waals surface area contributed by atoms with Gasteiger partial charge in [0.15, 0.2) is 0 Å². The zero-order valence-corrected chi connectivity index (χ0v) is 8.52. The Balaban J connectivity index is 3.02. The highest BCUT2D eigenvalue weighted by atomic mass is 16.3. The van der Waals surface area contributed by atoms with Crippen LogP contribution in [0.1, 0.15) is 6.92 Å². The van der Waals surface area contributed by atoms with E-state index in [2.05, 4.69) is 4.99 Å². The van der Waals surface area contributed by atoms with Gasteiger partial charge >= 0.3 is 0 Å². The molecule has 0 saturated heterocycles. The average molecular weight is 194 g/mol. The van der Waals surface area contributed by atoms with Gasteiger partial charge < -0.3 is 15.1 Å². The third-order valence-corrected chi connectivity index (χ3v) is 1.83. The van der Waals surface area contributed by atoms with E-state index >= 15 is 0 Å². The van der Waals surface area contributed by atoms with Crippen molar-refractivity contribution in [3.63, 3.8) is 0 Å². The fourth-order valence-electron chi connectivity index (χ4n) is 0.931. The lowest BCUT2D eigenvalue weighted by molar-refractivity contribution is 0.451. The van der Waals surface area contributed by atoms with E-state index in [9.17, 15) is 10.2 Å². The van der Waals surface area contributed by atoms with E-state index in [1.165, 1.54) is 18.2 Å². The minimum Gasteiger partial charge on any atom is -0.508 e. The van der Waals surface area contributed by atoms with Crippen LogP contribution < -0.4 is 0 Å². The summed E-state index contributed by atoms with van der Waals surface area (Å²) < 4.78 is 0. The Kier molecular flexibility index (Phi) is 2.96. The van der Waals surface area contributed by atoms with Crippen molar-refractivity contribution >= 4 is 11.5 Å². The van der Waals surface area contributed by atoms with Gasteiger partial charge in [0.2, 0.25) is 0 Å². The van der Waals surface area contributed by atoms with Crippen molar-refractivity contribution in [2.24, 2.45) is 4.99 Å². The number of hydrogen-bond donors (Lipinski definition) is 2. The van der Waals surface area contributed by atoms with E-state index < -0.39 is 0 Å². The third kappa shape index (κ3) is 2.65. The van der Waals surface area contributed by atoms with Crippen LogP contribution in [0.3, 0.4) is 0 Å². The minimum absolute atomic E-state index is 0.00954. The van der Waals surface area contributed by atoms with Gasteiger partial charge in [0, 0.05) is 32.3 Å². The highest BCUT2D eigenvalue weighted by Crippen LogP contribution is 2.26. The fourth-order valence-corrected chi connectivity index (χ4v) is 0.931. The normalized spacial score (nSPS) is 11.5. The topological polar surface area (TPSA) is 56.1 Å². The second-order valence-corrected chi connectivity index (χ2v) is 3.26. The highest BCUT2D eigenvalue weighted by molar-refractivity contribution is 5.82. The lowest BCUT2D eigenvalue weighted by Gasteiger charge is -2.10. The molecule has 0 atom stereocenters. The van der Waals surface area contributed by atoms with Gasteiger partial charge in [-0.2, -0.15) is 0 Å². The molecule has 0 aromatic heterocycles. The number of phenols is 2. The zero-order valence-electron chi connectivity index (χ0n) is 8.52. The summed E-state index contributed by atoms with van der Waals surface area (Å²) in [6.45, 7) is 1.85. The Bertz CT molecular complexity index is 339. The van der Waals surface area contributed by atoms with Gasteiger partial charge in [-0.25, -0.2) is 4.99 Å². The molecule has 1 rings (SSSR count). The van der Waals surface area contributed by atoms with Crippen LogP contribution in [0.4, 0.5) is 5.69 Å². The Labute approximate surface area is 83.1 Å². The SMILES string of the molecule is CC(=Nc1cc(O)cc(O)c1)N(C)C. The minimum atomic E-state index is 0.00954. The molecule has 0 bridgehead atoms. The first-order chi connectivity index (χ1) is 6.49. The molecule has 2 N–H and O–H groups in total. The van der Waals surface area contributed by atoms with E-state index in [-0.39, 0.29) is 11.5 Å². The first kappa shape index (κ1) is 10.4. The van der Waals surface area contributed by atoms with Gasteiger partial charge in [-0.3, -0.25) is 0 Å². The number of aliphatic imine (C=N–C) groups is 1. The van der Waals surface area contributed by atoms with E-state index in [1.807, 2.05) is 25.9 Å². The van der Waals surface area contributed by atoms with Crippen molar-refractivity contribution in [1.82, 2.24) is 4.90 Å². The summed E-state index contributed by atoms with van der Waals surface area (Å²) in [5.74, 6) is 0.820. The van der Waals surface area contributed by atoms with Gasteiger partial charge in [-0.05, 0) is 6.92 Å². The maximum Gasteiger partial charge on any atom is 0.121 e. The number of phenolic OH excluding ortho intramolecular Hbond substituents is 2. The molecular formula is C10H14N2O2. The van der Waals surface area contributed by atoms with Gasteiger partial charge in [0.25, 0.3) is 0 Å². The van der Waals surface area contributed by atoms with Crippen LogP contribution in [-0.2, 0) is 0 Å². The van der Waals surface area contributed by atoms with Crippen molar-refractivity contribution in [3.8, 4) is 11.5 Å². The van der Waals surface area contributed by atoms with E-state index in [0.29, 0.717) is 5.69 Å². The summed E-state index contributed by atoms with van der Waals surface area (Å²) >= 11 is 0. The maximum absolute atomic E-state index is 9.20. The molecule has 4 nitrogen and oxygen atoms in total. The number of aromatic hydroxyl groups is 2. The van der Waals surface area contributed by atoms with Crippen LogP contribution >= 0.6 is 0 Å². The van der Waals surface area contributed by atoms with Crippen molar-refractivity contribution in [3.05, 3.63) is 18.2 Å². The van der Waals surface area contributed by atoms with Crippen molar-refractivity contribution in [1.29, 1.82) is 0 Å². The predicted octanol–water partition coefficient (Wildman–Crippen LogP) is 1.71. The summed E-state index contributed by atoms with van der Waals surface area (Å²) in [6, 6.07) is 4.25. The second kappa shape index (κ2) is 4.00. The van der Waals surface area contributed by atoms with Crippen molar-refractivity contribution in [2.75, 3.05) is 14.1 Å². The molecule has 1 aromatic carbocycles. The number of amidine groups is 1. The van der Waals surface area contributed by atoms with Crippen LogP contribution in [0.5, 0.6) is 11.5 Å². The van der Waals surface area contributed by atoms with Gasteiger partial charge in [-0.1, -0.05) is 0 Å². The molecule has 0 aliphatic heterocycles. The van der Waals surface area contributed by atoms with Gasteiger partial charge in [-0.15, -0.1) is 0 Å². The van der Waals surface area contributed by atoms with Crippen LogP contribution in [0.2, 0.25) is 0 Å². The fraction of sp³-hybridized carbons (Fsp3) is 0.300. The number of nitrogens with zero attached hydrogens (tertiary/aromatic N) is 2. The number of hydrogen-bond acceptors (Lipinski definition) is 3. The smallest absolute Gasteiger partial charge is 0.121 e. The van der Waals surface area contributed by atoms with E-state index in [1.54, 1.807) is 0 Å². The van der Waals surface area contributed by atoms with E-state index in [4.69, 9.17) is 0 Å². The Morgan fingerprint density at radius 1 is 1.14 bits per heavy atom. The monoisotopic (exact) mass is 194 g/mol. The molecule has 0 aliphatic carbocycles. The Morgan fingerprint density at radius 2 is 1.64 bits per heavy atom. The predicted molar refractivity (Wildman–Crippen MR) is 56.2 cm³/mol. The van der Waals surface area contributed by atoms with Crippen LogP contribution in [0.15, 0.2) is 23.2 Å². The van der Waals surface area contributed by atoms with E-state index in [0.717, 1.165) is 5.84 Å². The Morgan fingerprint density at radius 3 is 2.07 bits per heavy atom. The molecule has 0 amide bonds. The van der Waals surface area contributed by atoms with Crippen LogP contribution in [0.25, 0.3) is 0 Å². The lowest BCUT2D eigenvalue weighted by atomic mass is 10.3. The summed E-state index contributed by atoms with van der Waals surface area (Å²) in [7, 11) is 3.75. The third-order valence-electron chi connectivity index (χ3n) is 1.83. The van der Waals surface area contributed by atoms with Gasteiger partial charge in [0.1, 0.15) is 17.3 Å². The summed E-state index contributed by atoms with van der Waals surface area (Å²) in [6.07, 6.45) is 0. The molecule has 0 spiro atoms. The molecule has 76 valence electrons. The molecule has 4 heteroatoms. The largest absolute Gasteiger partial charge is 0.508 e. The molecule has 0 aliphatic rings. The molecular weight excluding hydrogens is 180 g/mol. The molecule has 14 heavy (non-hydrogen) atoms. The summed E-state index contributed by atoms with van der Waals surface area (Å²) in [5, 5.41) is 18.4. The average Bonchev–Trinajstić information content (AvgIpc) is 2.01. The van der Waals surface area contributed by atoms with Crippen LogP contribution in [0, 0.1) is 0 Å². The standard InChI is InChI=1S/C10H14N2O2/c1-7(12(2)3)11-8-4-9(13)6-10(14)5-8/h4-6,13-14H,1-3H3. The number of benzene rings is 1. The first-order valence-corrected chi connectivity index (χ1v) is 4.24. The Hall–Kier alpha value is -1.71. The first-order valence-electron chi connectivity index (χ1n) is 4.24. The van der Waals surface area contributed by atoms with Crippen molar-refractivity contribution in [2.45, 2.75) is 6.92 Å². The zero-order chi connectivity index (χ0) is 10.7. The summed E-state index contributed by atoms with van der Waals surface area (Å²) in [5.41, 5.74) is 0.536. The molecule has 0 unspecified atom stereocenters. The summed E-state index contributed by atoms with van der Waals surface area (Å²) in [4.78, 5) is 6.05. The molecule has 0 fully saturated rings. The molecule has 0 saturated carbocycles. The lowest BCUT2D eigenvalue weighted by Crippen LogP contribution is -2.17. The van der Waals surface area contributed by atoms with Crippen LogP contribution in [-0.4, -0.2) is 35.0 Å². The molecule has 1 aromatic rings. The quantitative estimate of drug-likeness (QED) is 0.528. The second-order valence-electron chi connectivity index (χ2n) is 3.26. The molecule has 0 heterocycles. The highest BCUT2D eigenvalue weighted by Gasteiger charge is 1.99.